The molecule has 22 heavy (non-hydrogen) atoms. The van der Waals surface area contributed by atoms with Crippen molar-refractivity contribution in [3.63, 3.8) is 0 Å². The van der Waals surface area contributed by atoms with E-state index in [1.807, 2.05) is 4.90 Å². The van der Waals surface area contributed by atoms with Gasteiger partial charge in [0.05, 0.1) is 5.69 Å². The highest BCUT2D eigenvalue weighted by Crippen LogP contribution is 2.22. The molecule has 0 aliphatic carbocycles. The number of aromatic nitrogens is 4. The van der Waals surface area contributed by atoms with E-state index in [2.05, 4.69) is 20.2 Å². The Morgan fingerprint density at radius 2 is 2.18 bits per heavy atom. The fraction of sp³-hybridized carbons (Fsp3) is 0.400. The van der Waals surface area contributed by atoms with Crippen LogP contribution in [0.4, 0.5) is 5.82 Å². The summed E-state index contributed by atoms with van der Waals surface area (Å²) in [6, 6.07) is 3.42. The quantitative estimate of drug-likeness (QED) is 0.905. The number of carbonyl (C=O) groups excluding carboxylic acids is 1. The number of piperidine rings is 1. The highest BCUT2D eigenvalue weighted by molar-refractivity contribution is 5.92. The van der Waals surface area contributed by atoms with E-state index >= 15 is 0 Å². The van der Waals surface area contributed by atoms with Gasteiger partial charge in [-0.25, -0.2) is 4.98 Å². The van der Waals surface area contributed by atoms with Crippen LogP contribution in [0.2, 0.25) is 0 Å². The molecule has 7 nitrogen and oxygen atoms in total. The average Bonchev–Trinajstić information content (AvgIpc) is 2.57. The molecule has 0 saturated carbocycles. The van der Waals surface area contributed by atoms with Crippen LogP contribution in [-0.4, -0.2) is 44.1 Å². The lowest BCUT2D eigenvalue weighted by Crippen LogP contribution is -2.41. The van der Waals surface area contributed by atoms with E-state index in [0.717, 1.165) is 31.5 Å². The summed E-state index contributed by atoms with van der Waals surface area (Å²) in [5.41, 5.74) is 7.05. The molecule has 1 fully saturated rings. The lowest BCUT2D eigenvalue weighted by atomic mass is 9.93. The summed E-state index contributed by atoms with van der Waals surface area (Å²) >= 11 is 0. The topological polar surface area (TPSA) is 97.9 Å². The zero-order valence-electron chi connectivity index (χ0n) is 12.2. The zero-order chi connectivity index (χ0) is 15.4. The molecule has 2 aromatic heterocycles. The number of amides is 1. The van der Waals surface area contributed by atoms with E-state index < -0.39 is 0 Å². The van der Waals surface area contributed by atoms with Gasteiger partial charge in [-0.2, -0.15) is 5.10 Å². The van der Waals surface area contributed by atoms with E-state index in [1.165, 1.54) is 0 Å². The second kappa shape index (κ2) is 6.46. The van der Waals surface area contributed by atoms with E-state index in [0.29, 0.717) is 24.0 Å². The minimum absolute atomic E-state index is 0.0649. The maximum absolute atomic E-state index is 12.4. The Morgan fingerprint density at radius 3 is 2.95 bits per heavy atom. The SMILES string of the molecule is Nc1nccnc1C[C@@H]1CCCN(C(=O)c2cccnn2)C1. The Kier molecular flexibility index (Phi) is 4.22. The van der Waals surface area contributed by atoms with Crippen LogP contribution in [0.25, 0.3) is 0 Å². The lowest BCUT2D eigenvalue weighted by Gasteiger charge is -2.32. The smallest absolute Gasteiger partial charge is 0.274 e. The third-order valence-corrected chi connectivity index (χ3v) is 3.89. The molecule has 1 saturated heterocycles. The van der Waals surface area contributed by atoms with Gasteiger partial charge in [0.25, 0.3) is 5.91 Å². The van der Waals surface area contributed by atoms with Gasteiger partial charge in [-0.05, 0) is 37.3 Å². The van der Waals surface area contributed by atoms with Crippen molar-refractivity contribution in [2.75, 3.05) is 18.8 Å². The first kappa shape index (κ1) is 14.4. The molecule has 3 rings (SSSR count). The van der Waals surface area contributed by atoms with Gasteiger partial charge >= 0.3 is 0 Å². The monoisotopic (exact) mass is 298 g/mol. The maximum atomic E-state index is 12.4. The molecule has 0 unspecified atom stereocenters. The summed E-state index contributed by atoms with van der Waals surface area (Å²) in [7, 11) is 0. The van der Waals surface area contributed by atoms with Crippen LogP contribution in [0.5, 0.6) is 0 Å². The summed E-state index contributed by atoms with van der Waals surface area (Å²) in [5, 5.41) is 7.66. The normalized spacial score (nSPS) is 18.2. The van der Waals surface area contributed by atoms with Crippen LogP contribution < -0.4 is 5.73 Å². The molecule has 0 spiro atoms. The number of carbonyl (C=O) groups is 1. The van der Waals surface area contributed by atoms with Crippen molar-refractivity contribution in [2.24, 2.45) is 5.92 Å². The largest absolute Gasteiger partial charge is 0.382 e. The predicted octanol–water partition coefficient (Wildman–Crippen LogP) is 0.944. The maximum Gasteiger partial charge on any atom is 0.274 e. The Balaban J connectivity index is 1.67. The minimum Gasteiger partial charge on any atom is -0.382 e. The van der Waals surface area contributed by atoms with Gasteiger partial charge in [-0.15, -0.1) is 5.10 Å². The fourth-order valence-corrected chi connectivity index (χ4v) is 2.80. The minimum atomic E-state index is -0.0649. The molecular weight excluding hydrogens is 280 g/mol. The van der Waals surface area contributed by atoms with Crippen molar-refractivity contribution in [2.45, 2.75) is 19.3 Å². The Labute approximate surface area is 128 Å². The number of hydrogen-bond donors (Lipinski definition) is 1. The van der Waals surface area contributed by atoms with E-state index in [4.69, 9.17) is 5.73 Å². The van der Waals surface area contributed by atoms with Crippen molar-refractivity contribution >= 4 is 11.7 Å². The highest BCUT2D eigenvalue weighted by atomic mass is 16.2. The van der Waals surface area contributed by atoms with E-state index in [9.17, 15) is 4.79 Å². The molecule has 0 aromatic carbocycles. The van der Waals surface area contributed by atoms with Crippen molar-refractivity contribution in [1.82, 2.24) is 25.1 Å². The van der Waals surface area contributed by atoms with Crippen molar-refractivity contribution < 1.29 is 4.79 Å². The van der Waals surface area contributed by atoms with Crippen LogP contribution in [0.1, 0.15) is 29.0 Å². The highest BCUT2D eigenvalue weighted by Gasteiger charge is 2.26. The molecule has 1 aliphatic heterocycles. The molecular formula is C15H18N6O. The third-order valence-electron chi connectivity index (χ3n) is 3.89. The molecule has 3 heterocycles. The number of nitrogens with zero attached hydrogens (tertiary/aromatic N) is 5. The Bertz CT molecular complexity index is 647. The van der Waals surface area contributed by atoms with Gasteiger partial charge in [-0.1, -0.05) is 0 Å². The van der Waals surface area contributed by atoms with Crippen molar-refractivity contribution in [3.05, 3.63) is 42.1 Å². The van der Waals surface area contributed by atoms with Gasteiger partial charge in [0.1, 0.15) is 5.82 Å². The molecule has 2 aromatic rings. The van der Waals surface area contributed by atoms with Crippen LogP contribution in [0.3, 0.4) is 0 Å². The lowest BCUT2D eigenvalue weighted by molar-refractivity contribution is 0.0665. The van der Waals surface area contributed by atoms with Gasteiger partial charge in [-0.3, -0.25) is 9.78 Å². The zero-order valence-corrected chi connectivity index (χ0v) is 12.2. The molecule has 0 bridgehead atoms. The summed E-state index contributed by atoms with van der Waals surface area (Å²) in [6.07, 6.45) is 7.56. The van der Waals surface area contributed by atoms with Gasteiger partial charge in [0.15, 0.2) is 5.69 Å². The fourth-order valence-electron chi connectivity index (χ4n) is 2.80. The first-order valence-electron chi connectivity index (χ1n) is 7.36. The first-order valence-corrected chi connectivity index (χ1v) is 7.36. The van der Waals surface area contributed by atoms with Gasteiger partial charge in [0, 0.05) is 31.7 Å². The summed E-state index contributed by atoms with van der Waals surface area (Å²) < 4.78 is 0. The van der Waals surface area contributed by atoms with Crippen molar-refractivity contribution in [3.8, 4) is 0 Å². The van der Waals surface area contributed by atoms with Crippen LogP contribution in [0, 0.1) is 5.92 Å². The summed E-state index contributed by atoms with van der Waals surface area (Å²) in [4.78, 5) is 22.6. The molecule has 2 N–H and O–H groups in total. The third kappa shape index (κ3) is 3.19. The van der Waals surface area contributed by atoms with Crippen molar-refractivity contribution in [1.29, 1.82) is 0 Å². The molecule has 0 radical (unpaired) electrons. The molecule has 7 heteroatoms. The Hall–Kier alpha value is -2.57. The molecule has 1 amide bonds. The Morgan fingerprint density at radius 1 is 1.32 bits per heavy atom. The van der Waals surface area contributed by atoms with E-state index in [1.54, 1.807) is 30.7 Å². The standard InChI is InChI=1S/C15H18N6O/c16-14-13(17-6-7-18-14)9-11-3-2-8-21(10-11)15(22)12-4-1-5-19-20-12/h1,4-7,11H,2-3,8-10H2,(H2,16,18)/t11-/m0/s1. The molecule has 1 aliphatic rings. The average molecular weight is 298 g/mol. The number of likely N-dealkylation sites (tertiary alicyclic amines) is 1. The second-order valence-corrected chi connectivity index (χ2v) is 5.46. The molecule has 1 atom stereocenters. The number of hydrogen-bond acceptors (Lipinski definition) is 6. The van der Waals surface area contributed by atoms with Gasteiger partial charge < -0.3 is 10.6 Å². The van der Waals surface area contributed by atoms with Gasteiger partial charge in [0.2, 0.25) is 0 Å². The number of nitrogens with two attached hydrogens (primary N) is 1. The summed E-state index contributed by atoms with van der Waals surface area (Å²) in [6.45, 7) is 1.44. The van der Waals surface area contributed by atoms with Crippen LogP contribution in [-0.2, 0) is 6.42 Å². The first-order chi connectivity index (χ1) is 10.7. The predicted molar refractivity (Wildman–Crippen MR) is 80.8 cm³/mol. The molecule has 114 valence electrons. The van der Waals surface area contributed by atoms with E-state index in [-0.39, 0.29) is 5.91 Å². The van der Waals surface area contributed by atoms with Crippen LogP contribution >= 0.6 is 0 Å². The second-order valence-electron chi connectivity index (χ2n) is 5.46. The number of nitrogen functional groups attached to an aromatic ring is 1. The summed E-state index contributed by atoms with van der Waals surface area (Å²) in [5.74, 6) is 0.748. The van der Waals surface area contributed by atoms with Crippen LogP contribution in [0.15, 0.2) is 30.7 Å². The number of rotatable bonds is 3. The number of anilines is 1.